The zero-order valence-electron chi connectivity index (χ0n) is 11.1. The lowest BCUT2D eigenvalue weighted by Crippen LogP contribution is -2.48. The highest BCUT2D eigenvalue weighted by atomic mass is 35.7. The molecule has 0 spiro atoms. The Balaban J connectivity index is 2.42. The summed E-state index contributed by atoms with van der Waals surface area (Å²) in [5.74, 6) is 0. The second-order valence-corrected chi connectivity index (χ2v) is 11.0. The van der Waals surface area contributed by atoms with Crippen LogP contribution in [-0.4, -0.2) is 6.69 Å². The minimum absolute atomic E-state index is 0.0513. The Hall–Kier alpha value is -1.18. The van der Waals surface area contributed by atoms with Crippen LogP contribution in [0.15, 0.2) is 48.5 Å². The average Bonchev–Trinajstić information content (AvgIpc) is 2.46. The molecule has 2 aromatic carbocycles. The molecule has 0 fully saturated rings. The molecule has 2 rings (SSSR count). The first-order chi connectivity index (χ1) is 10.4. The molecular formula is C14H8Cl2F6Si. The summed E-state index contributed by atoms with van der Waals surface area (Å²) in [5, 5.41) is 0.226. The third kappa shape index (κ3) is 4.02. The Morgan fingerprint density at radius 2 is 1.17 bits per heavy atom. The van der Waals surface area contributed by atoms with Crippen LogP contribution in [-0.2, 0) is 12.4 Å². The topological polar surface area (TPSA) is 0 Å². The third-order valence-electron chi connectivity index (χ3n) is 3.13. The summed E-state index contributed by atoms with van der Waals surface area (Å²) >= 11 is 12.5. The zero-order chi connectivity index (χ0) is 17.5. The molecule has 0 nitrogen and oxygen atoms in total. The van der Waals surface area contributed by atoms with Gasteiger partial charge in [0, 0.05) is 0 Å². The fraction of sp³-hybridized carbons (Fsp3) is 0.143. The van der Waals surface area contributed by atoms with Gasteiger partial charge >= 0.3 is 19.0 Å². The Bertz CT molecular complexity index is 692. The molecule has 0 aliphatic heterocycles. The van der Waals surface area contributed by atoms with Crippen molar-refractivity contribution < 1.29 is 26.3 Å². The van der Waals surface area contributed by atoms with Gasteiger partial charge in [-0.1, -0.05) is 42.5 Å². The van der Waals surface area contributed by atoms with Crippen LogP contribution in [0.4, 0.5) is 26.3 Å². The average molecular weight is 389 g/mol. The lowest BCUT2D eigenvalue weighted by atomic mass is 10.2. The van der Waals surface area contributed by atoms with Gasteiger partial charge in [-0.3, -0.25) is 0 Å². The van der Waals surface area contributed by atoms with Gasteiger partial charge in [-0.2, -0.15) is 26.3 Å². The van der Waals surface area contributed by atoms with E-state index in [-0.39, 0.29) is 10.4 Å². The number of hydrogen-bond acceptors (Lipinski definition) is 0. The number of halogens is 8. The summed E-state index contributed by atoms with van der Waals surface area (Å²) in [6.45, 7) is -3.57. The van der Waals surface area contributed by atoms with Crippen molar-refractivity contribution in [3.05, 3.63) is 59.7 Å². The fourth-order valence-electron chi connectivity index (χ4n) is 1.93. The van der Waals surface area contributed by atoms with Gasteiger partial charge in [-0.15, -0.1) is 22.2 Å². The summed E-state index contributed by atoms with van der Waals surface area (Å²) in [6, 6.07) is 7.97. The van der Waals surface area contributed by atoms with Crippen LogP contribution in [0.5, 0.6) is 0 Å². The van der Waals surface area contributed by atoms with Gasteiger partial charge in [-0.05, 0) is 16.4 Å². The lowest BCUT2D eigenvalue weighted by molar-refractivity contribution is -0.138. The molecule has 0 radical (unpaired) electrons. The standard InChI is InChI=1S/C14H8Cl2F6Si/c15-23(16,11-6-4-9(5-7-11)13(17,18)19)12-3-1-2-10(8-12)14(20,21)22/h1-8H. The zero-order valence-corrected chi connectivity index (χ0v) is 13.7. The normalized spacial score (nSPS) is 13.2. The number of benzene rings is 2. The number of rotatable bonds is 2. The van der Waals surface area contributed by atoms with E-state index in [1.54, 1.807) is 0 Å². The van der Waals surface area contributed by atoms with Crippen molar-refractivity contribution in [1.29, 1.82) is 0 Å². The molecule has 0 amide bonds. The predicted octanol–water partition coefficient (Wildman–Crippen LogP) is 4.76. The highest BCUT2D eigenvalue weighted by Crippen LogP contribution is 2.30. The molecule has 0 bridgehead atoms. The summed E-state index contributed by atoms with van der Waals surface area (Å²) in [5.41, 5.74) is -1.80. The first-order valence-corrected chi connectivity index (χ1v) is 10.2. The van der Waals surface area contributed by atoms with Gasteiger partial charge in [0.15, 0.2) is 0 Å². The maximum absolute atomic E-state index is 12.7. The van der Waals surface area contributed by atoms with Gasteiger partial charge in [0.1, 0.15) is 0 Å². The highest BCUT2D eigenvalue weighted by Gasteiger charge is 2.38. The van der Waals surface area contributed by atoms with Gasteiger partial charge in [0.05, 0.1) is 11.1 Å². The van der Waals surface area contributed by atoms with Crippen LogP contribution in [0.2, 0.25) is 0 Å². The maximum atomic E-state index is 12.7. The highest BCUT2D eigenvalue weighted by molar-refractivity contribution is 7.56. The van der Waals surface area contributed by atoms with Crippen LogP contribution >= 0.6 is 22.2 Å². The molecule has 0 aromatic heterocycles. The number of alkyl halides is 6. The molecule has 0 N–H and O–H groups in total. The van der Waals surface area contributed by atoms with Crippen LogP contribution in [0.3, 0.4) is 0 Å². The molecule has 0 aliphatic rings. The van der Waals surface area contributed by atoms with E-state index in [1.807, 2.05) is 0 Å². The first kappa shape index (κ1) is 18.2. The van der Waals surface area contributed by atoms with Crippen molar-refractivity contribution in [3.63, 3.8) is 0 Å². The maximum Gasteiger partial charge on any atom is 0.416 e. The second kappa shape index (κ2) is 6.03. The van der Waals surface area contributed by atoms with Gasteiger partial charge in [-0.25, -0.2) is 0 Å². The molecular weight excluding hydrogens is 381 g/mol. The number of hydrogen-bond donors (Lipinski definition) is 0. The largest absolute Gasteiger partial charge is 0.416 e. The third-order valence-corrected chi connectivity index (χ3v) is 7.84. The molecule has 0 heterocycles. The molecule has 0 saturated carbocycles. The van der Waals surface area contributed by atoms with Crippen molar-refractivity contribution in [3.8, 4) is 0 Å². The molecule has 2 aromatic rings. The van der Waals surface area contributed by atoms with Crippen molar-refractivity contribution in [2.45, 2.75) is 12.4 Å². The second-order valence-electron chi connectivity index (χ2n) is 4.73. The van der Waals surface area contributed by atoms with E-state index in [4.69, 9.17) is 22.2 Å². The quantitative estimate of drug-likeness (QED) is 0.395. The molecule has 0 saturated heterocycles. The molecule has 124 valence electrons. The molecule has 23 heavy (non-hydrogen) atoms. The van der Waals surface area contributed by atoms with E-state index in [0.29, 0.717) is 0 Å². The van der Waals surface area contributed by atoms with Crippen molar-refractivity contribution >= 4 is 39.2 Å². The van der Waals surface area contributed by atoms with E-state index in [9.17, 15) is 26.3 Å². The van der Waals surface area contributed by atoms with Crippen LogP contribution in [0, 0.1) is 0 Å². The van der Waals surface area contributed by atoms with E-state index in [2.05, 4.69) is 0 Å². The van der Waals surface area contributed by atoms with E-state index < -0.39 is 30.2 Å². The lowest BCUT2D eigenvalue weighted by Gasteiger charge is -2.20. The van der Waals surface area contributed by atoms with Crippen molar-refractivity contribution in [1.82, 2.24) is 0 Å². The van der Waals surface area contributed by atoms with Crippen LogP contribution in [0.25, 0.3) is 0 Å². The minimum Gasteiger partial charge on any atom is -0.166 e. The predicted molar refractivity (Wildman–Crippen MR) is 79.6 cm³/mol. The molecule has 0 atom stereocenters. The minimum atomic E-state index is -4.56. The van der Waals surface area contributed by atoms with E-state index in [0.717, 1.165) is 42.5 Å². The van der Waals surface area contributed by atoms with Gasteiger partial charge in [0.2, 0.25) is 0 Å². The Morgan fingerprint density at radius 1 is 0.652 bits per heavy atom. The Morgan fingerprint density at radius 3 is 1.65 bits per heavy atom. The summed E-state index contributed by atoms with van der Waals surface area (Å²) < 4.78 is 75.9. The monoisotopic (exact) mass is 388 g/mol. The van der Waals surface area contributed by atoms with E-state index in [1.165, 1.54) is 6.07 Å². The Labute approximate surface area is 138 Å². The molecule has 9 heteroatoms. The summed E-state index contributed by atoms with van der Waals surface area (Å²) in [7, 11) is 0. The summed E-state index contributed by atoms with van der Waals surface area (Å²) in [4.78, 5) is 0. The SMILES string of the molecule is FC(F)(F)c1ccc([Si](Cl)(Cl)c2cccc(C(F)(F)F)c2)cc1. The first-order valence-electron chi connectivity index (χ1n) is 6.15. The van der Waals surface area contributed by atoms with E-state index >= 15 is 0 Å². The van der Waals surface area contributed by atoms with Crippen LogP contribution in [0.1, 0.15) is 11.1 Å². The van der Waals surface area contributed by atoms with Crippen molar-refractivity contribution in [2.24, 2.45) is 0 Å². The van der Waals surface area contributed by atoms with Gasteiger partial charge in [0.25, 0.3) is 0 Å². The summed E-state index contributed by atoms with van der Waals surface area (Å²) in [6.07, 6.45) is -9.08. The van der Waals surface area contributed by atoms with Crippen LogP contribution < -0.4 is 10.4 Å². The smallest absolute Gasteiger partial charge is 0.166 e. The molecule has 0 unspecified atom stereocenters. The molecule has 0 aliphatic carbocycles. The van der Waals surface area contributed by atoms with Gasteiger partial charge < -0.3 is 0 Å². The fourth-order valence-corrected chi connectivity index (χ4v) is 4.95. The van der Waals surface area contributed by atoms with Crippen molar-refractivity contribution in [2.75, 3.05) is 0 Å². The Kier molecular flexibility index (Phi) is 4.76.